The Morgan fingerprint density at radius 3 is 2.75 bits per heavy atom. The first-order valence-electron chi connectivity index (χ1n) is 13.3. The van der Waals surface area contributed by atoms with Crippen molar-refractivity contribution >= 4 is 11.7 Å². The van der Waals surface area contributed by atoms with Crippen molar-refractivity contribution in [3.8, 4) is 11.5 Å². The summed E-state index contributed by atoms with van der Waals surface area (Å²) in [6.07, 6.45) is 4.02. The molecule has 7 heteroatoms. The molecule has 3 aliphatic carbocycles. The van der Waals surface area contributed by atoms with E-state index in [-0.39, 0.29) is 34.5 Å². The number of hydrogen-bond acceptors (Lipinski definition) is 5. The second kappa shape index (κ2) is 7.56. The SMILES string of the molecule is O=C(CCc1ccccc1)N[C@@]12CCC(=O)[C@@H]3Oc4c(O)ccc5c4[C@@]31CC[N+]([O-])(CC1CC1)[C@@H]2C5. The summed E-state index contributed by atoms with van der Waals surface area (Å²) >= 11 is 0. The lowest BCUT2D eigenvalue weighted by atomic mass is 9.47. The third-order valence-electron chi connectivity index (χ3n) is 9.75. The summed E-state index contributed by atoms with van der Waals surface area (Å²) in [5.41, 5.74) is 1.24. The van der Waals surface area contributed by atoms with E-state index in [4.69, 9.17) is 4.74 Å². The number of quaternary nitrogens is 1. The first-order valence-corrected chi connectivity index (χ1v) is 13.3. The molecule has 2 aromatic carbocycles. The lowest BCUT2D eigenvalue weighted by molar-refractivity contribution is -0.920. The van der Waals surface area contributed by atoms with E-state index >= 15 is 0 Å². The molecule has 2 bridgehead atoms. The van der Waals surface area contributed by atoms with Crippen molar-refractivity contribution in [2.24, 2.45) is 5.92 Å². The topological polar surface area (TPSA) is 98.7 Å². The Labute approximate surface area is 210 Å². The number of Topliss-reactive ketones (excluding diaryl/α,β-unsaturated/α-hetero) is 1. The van der Waals surface area contributed by atoms with E-state index in [1.54, 1.807) is 6.07 Å². The van der Waals surface area contributed by atoms with E-state index in [0.29, 0.717) is 56.9 Å². The van der Waals surface area contributed by atoms with Gasteiger partial charge in [-0.05, 0) is 42.9 Å². The maximum absolute atomic E-state index is 14.6. The van der Waals surface area contributed by atoms with E-state index in [9.17, 15) is 19.9 Å². The number of carbonyl (C=O) groups excluding carboxylic acids is 2. The second-order valence-corrected chi connectivity index (χ2v) is 11.7. The van der Waals surface area contributed by atoms with Crippen molar-refractivity contribution in [2.75, 3.05) is 13.1 Å². The monoisotopic (exact) mass is 488 g/mol. The number of ether oxygens (including phenoxy) is 1. The van der Waals surface area contributed by atoms with Crippen molar-refractivity contribution in [2.45, 2.75) is 74.5 Å². The van der Waals surface area contributed by atoms with E-state index in [0.717, 1.165) is 29.5 Å². The minimum absolute atomic E-state index is 0.000508. The average Bonchev–Trinajstić information content (AvgIpc) is 3.60. The van der Waals surface area contributed by atoms with Crippen molar-refractivity contribution in [3.63, 3.8) is 0 Å². The van der Waals surface area contributed by atoms with Crippen LogP contribution in [-0.4, -0.2) is 52.2 Å². The Kier molecular flexibility index (Phi) is 4.68. The van der Waals surface area contributed by atoms with Gasteiger partial charge in [0.05, 0.1) is 18.5 Å². The molecule has 5 aliphatic rings. The molecule has 7 rings (SSSR count). The van der Waals surface area contributed by atoms with Gasteiger partial charge in [0, 0.05) is 37.2 Å². The van der Waals surface area contributed by atoms with Crippen molar-refractivity contribution in [3.05, 3.63) is 64.4 Å². The molecule has 36 heavy (non-hydrogen) atoms. The molecule has 2 heterocycles. The normalized spacial score (nSPS) is 35.6. The number of aromatic hydroxyl groups is 1. The number of carbonyl (C=O) groups is 2. The number of nitrogens with one attached hydrogen (secondary N) is 1. The van der Waals surface area contributed by atoms with Crippen LogP contribution in [0.15, 0.2) is 42.5 Å². The van der Waals surface area contributed by atoms with Gasteiger partial charge in [0.2, 0.25) is 5.91 Å². The van der Waals surface area contributed by atoms with Crippen LogP contribution in [0.3, 0.4) is 0 Å². The predicted molar refractivity (Wildman–Crippen MR) is 132 cm³/mol. The molecular weight excluding hydrogens is 456 g/mol. The van der Waals surface area contributed by atoms with Crippen molar-refractivity contribution in [1.82, 2.24) is 5.32 Å². The van der Waals surface area contributed by atoms with Crippen molar-refractivity contribution in [1.29, 1.82) is 0 Å². The zero-order valence-corrected chi connectivity index (χ0v) is 20.4. The van der Waals surface area contributed by atoms with Gasteiger partial charge in [0.1, 0.15) is 11.6 Å². The van der Waals surface area contributed by atoms with E-state index < -0.39 is 17.1 Å². The van der Waals surface area contributed by atoms with Crippen LogP contribution in [0.5, 0.6) is 11.5 Å². The highest BCUT2D eigenvalue weighted by molar-refractivity contribution is 5.91. The highest BCUT2D eigenvalue weighted by Gasteiger charge is 2.76. The Morgan fingerprint density at radius 1 is 1.17 bits per heavy atom. The Balaban J connectivity index is 1.34. The van der Waals surface area contributed by atoms with Gasteiger partial charge in [-0.25, -0.2) is 0 Å². The molecule has 2 aliphatic heterocycles. The standard InChI is InChI=1S/C29H32N2O5/c32-21-10-9-20-16-23-29(30-24(34)11-8-18-4-2-1-3-5-18)13-12-22(33)27-28(29,25(20)26(21)36-27)14-15-31(23,35)17-19-6-7-19/h1-5,9-10,19,23,27,32H,6-8,11-17H2,(H,30,34)/t23-,27+,28+,29-,31?/m1/s1. The largest absolute Gasteiger partial charge is 0.633 e. The minimum atomic E-state index is -0.875. The Bertz CT molecular complexity index is 1260. The molecule has 188 valence electrons. The number of nitrogens with zero attached hydrogens (tertiary/aromatic N) is 1. The number of amides is 1. The number of ketones is 1. The Morgan fingerprint density at radius 2 is 1.97 bits per heavy atom. The van der Waals surface area contributed by atoms with Crippen LogP contribution in [0.1, 0.15) is 55.2 Å². The molecule has 2 N–H and O–H groups in total. The first kappa shape index (κ1) is 22.3. The summed E-state index contributed by atoms with van der Waals surface area (Å²) in [4.78, 5) is 26.9. The zero-order valence-electron chi connectivity index (χ0n) is 20.4. The third kappa shape index (κ3) is 2.93. The second-order valence-electron chi connectivity index (χ2n) is 11.7. The predicted octanol–water partition coefficient (Wildman–Crippen LogP) is 3.29. The molecule has 1 unspecified atom stereocenters. The number of likely N-dealkylation sites (tertiary alicyclic amines) is 1. The molecule has 1 spiro atoms. The maximum Gasteiger partial charge on any atom is 0.221 e. The molecule has 7 nitrogen and oxygen atoms in total. The molecular formula is C29H32N2O5. The average molecular weight is 489 g/mol. The van der Waals surface area contributed by atoms with Gasteiger partial charge >= 0.3 is 0 Å². The number of hydroxylamine groups is 3. The smallest absolute Gasteiger partial charge is 0.221 e. The number of phenolic OH excluding ortho intramolecular Hbond substituents is 1. The van der Waals surface area contributed by atoms with Crippen LogP contribution in [0.4, 0.5) is 0 Å². The van der Waals surface area contributed by atoms with Gasteiger partial charge in [-0.3, -0.25) is 9.59 Å². The van der Waals surface area contributed by atoms with Gasteiger partial charge in [0.25, 0.3) is 0 Å². The lowest BCUT2D eigenvalue weighted by Gasteiger charge is -2.69. The fraction of sp³-hybridized carbons (Fsp3) is 0.517. The number of aryl methyl sites for hydroxylation is 1. The van der Waals surface area contributed by atoms with Gasteiger partial charge in [-0.15, -0.1) is 0 Å². The molecule has 2 aromatic rings. The van der Waals surface area contributed by atoms with Crippen LogP contribution in [0.25, 0.3) is 0 Å². The van der Waals surface area contributed by atoms with Crippen LogP contribution in [-0.2, 0) is 27.8 Å². The third-order valence-corrected chi connectivity index (χ3v) is 9.75. The number of benzene rings is 2. The lowest BCUT2D eigenvalue weighted by Crippen LogP contribution is -2.85. The molecule has 0 aromatic heterocycles. The van der Waals surface area contributed by atoms with Crippen LogP contribution in [0.2, 0.25) is 0 Å². The van der Waals surface area contributed by atoms with Crippen LogP contribution < -0.4 is 10.1 Å². The summed E-state index contributed by atoms with van der Waals surface area (Å²) in [7, 11) is 0. The summed E-state index contributed by atoms with van der Waals surface area (Å²) in [5.74, 6) is 0.759. The summed E-state index contributed by atoms with van der Waals surface area (Å²) in [6, 6.07) is 13.1. The fourth-order valence-electron chi connectivity index (χ4n) is 8.05. The minimum Gasteiger partial charge on any atom is -0.633 e. The quantitative estimate of drug-likeness (QED) is 0.480. The summed E-state index contributed by atoms with van der Waals surface area (Å²) in [5, 5.41) is 28.8. The summed E-state index contributed by atoms with van der Waals surface area (Å²) < 4.78 is 5.94. The Hall–Kier alpha value is -2.90. The van der Waals surface area contributed by atoms with Crippen LogP contribution in [0, 0.1) is 11.1 Å². The highest BCUT2D eigenvalue weighted by atomic mass is 16.6. The summed E-state index contributed by atoms with van der Waals surface area (Å²) in [6.45, 7) is 0.979. The van der Waals surface area contributed by atoms with Crippen molar-refractivity contribution < 1.29 is 24.1 Å². The van der Waals surface area contributed by atoms with Gasteiger partial charge < -0.3 is 25.0 Å². The molecule has 3 fully saturated rings. The number of phenols is 1. The highest BCUT2D eigenvalue weighted by Crippen LogP contribution is 2.66. The van der Waals surface area contributed by atoms with Gasteiger partial charge in [-0.1, -0.05) is 36.4 Å². The number of hydrogen-bond donors (Lipinski definition) is 2. The van der Waals surface area contributed by atoms with Crippen LogP contribution >= 0.6 is 0 Å². The first-order chi connectivity index (χ1) is 17.4. The molecule has 5 atom stereocenters. The number of piperidine rings is 1. The molecule has 0 radical (unpaired) electrons. The van der Waals surface area contributed by atoms with E-state index in [2.05, 4.69) is 5.32 Å². The maximum atomic E-state index is 14.6. The molecule has 1 amide bonds. The fourth-order valence-corrected chi connectivity index (χ4v) is 8.05. The molecule has 2 saturated carbocycles. The van der Waals surface area contributed by atoms with E-state index in [1.807, 2.05) is 36.4 Å². The number of rotatable bonds is 6. The molecule has 1 saturated heterocycles. The van der Waals surface area contributed by atoms with Gasteiger partial charge in [-0.2, -0.15) is 0 Å². The zero-order chi connectivity index (χ0) is 24.7. The van der Waals surface area contributed by atoms with E-state index in [1.165, 1.54) is 0 Å². The van der Waals surface area contributed by atoms with Gasteiger partial charge in [0.15, 0.2) is 23.4 Å².